The Morgan fingerprint density at radius 2 is 1.57 bits per heavy atom. The molecule has 1 saturated carbocycles. The normalized spacial score (nSPS) is 22.1. The van der Waals surface area contributed by atoms with Gasteiger partial charge in [-0.05, 0) is 61.8 Å². The van der Waals surface area contributed by atoms with Crippen LogP contribution in [0.2, 0.25) is 0 Å². The lowest BCUT2D eigenvalue weighted by Crippen LogP contribution is -2.41. The Hall–Kier alpha value is -2.82. The molecular formula is C23H26N4O. The summed E-state index contributed by atoms with van der Waals surface area (Å²) in [5, 5.41) is 6.82. The maximum atomic E-state index is 12.7. The number of carbonyl (C=O) groups excluding carboxylic acids is 1. The van der Waals surface area contributed by atoms with Gasteiger partial charge in [0.2, 0.25) is 11.9 Å². The molecule has 0 unspecified atom stereocenters. The molecule has 3 N–H and O–H groups in total. The number of hydrogen-bond acceptors (Lipinski definition) is 3. The van der Waals surface area contributed by atoms with E-state index < -0.39 is 0 Å². The topological polar surface area (TPSA) is 69.8 Å². The second-order valence-electron chi connectivity index (χ2n) is 8.18. The lowest BCUT2D eigenvalue weighted by atomic mass is 9.85. The van der Waals surface area contributed by atoms with Gasteiger partial charge in [0, 0.05) is 18.0 Å². The maximum Gasteiger partial charge on any atom is 0.223 e. The summed E-state index contributed by atoms with van der Waals surface area (Å²) >= 11 is 0. The van der Waals surface area contributed by atoms with Crippen LogP contribution in [-0.2, 0) is 17.6 Å². The van der Waals surface area contributed by atoms with E-state index in [9.17, 15) is 4.79 Å². The third-order valence-corrected chi connectivity index (χ3v) is 6.23. The van der Waals surface area contributed by atoms with Crippen LogP contribution in [0, 0.1) is 5.92 Å². The van der Waals surface area contributed by atoms with Crippen molar-refractivity contribution >= 4 is 22.9 Å². The summed E-state index contributed by atoms with van der Waals surface area (Å²) in [6, 6.07) is 17.2. The highest BCUT2D eigenvalue weighted by Crippen LogP contribution is 2.28. The molecule has 3 aromatic rings. The van der Waals surface area contributed by atoms with Crippen LogP contribution in [0.4, 0.5) is 5.95 Å². The number of aromatic nitrogens is 2. The molecule has 2 aliphatic carbocycles. The molecular weight excluding hydrogens is 348 g/mol. The number of hydrogen-bond donors (Lipinski definition) is 3. The molecule has 0 aliphatic heterocycles. The number of imidazole rings is 1. The molecule has 1 heterocycles. The van der Waals surface area contributed by atoms with E-state index in [1.165, 1.54) is 11.1 Å². The van der Waals surface area contributed by atoms with E-state index in [0.717, 1.165) is 55.5 Å². The lowest BCUT2D eigenvalue weighted by molar-refractivity contribution is -0.126. The zero-order valence-corrected chi connectivity index (χ0v) is 15.9. The first-order chi connectivity index (χ1) is 13.7. The molecule has 0 saturated heterocycles. The van der Waals surface area contributed by atoms with Crippen molar-refractivity contribution in [2.45, 2.75) is 50.6 Å². The summed E-state index contributed by atoms with van der Waals surface area (Å²) in [5.41, 5.74) is 4.80. The van der Waals surface area contributed by atoms with E-state index in [2.05, 4.69) is 44.9 Å². The Kier molecular flexibility index (Phi) is 4.51. The van der Waals surface area contributed by atoms with Crippen molar-refractivity contribution < 1.29 is 4.79 Å². The molecule has 5 heteroatoms. The maximum absolute atomic E-state index is 12.7. The Bertz CT molecular complexity index is 929. The molecule has 0 spiro atoms. The van der Waals surface area contributed by atoms with E-state index in [1.54, 1.807) is 0 Å². The van der Waals surface area contributed by atoms with Gasteiger partial charge < -0.3 is 15.6 Å². The number of nitrogens with one attached hydrogen (secondary N) is 3. The molecule has 1 aromatic heterocycles. The van der Waals surface area contributed by atoms with E-state index >= 15 is 0 Å². The Labute approximate surface area is 164 Å². The number of anilines is 1. The largest absolute Gasteiger partial charge is 0.353 e. The molecule has 144 valence electrons. The summed E-state index contributed by atoms with van der Waals surface area (Å²) in [7, 11) is 0. The number of rotatable bonds is 4. The van der Waals surface area contributed by atoms with Crippen LogP contribution in [0.15, 0.2) is 48.5 Å². The van der Waals surface area contributed by atoms with Crippen LogP contribution in [0.3, 0.4) is 0 Å². The van der Waals surface area contributed by atoms with Crippen molar-refractivity contribution in [3.63, 3.8) is 0 Å². The van der Waals surface area contributed by atoms with Gasteiger partial charge >= 0.3 is 0 Å². The van der Waals surface area contributed by atoms with E-state index in [-0.39, 0.29) is 17.9 Å². The van der Waals surface area contributed by atoms with E-state index in [1.807, 2.05) is 24.3 Å². The zero-order valence-electron chi connectivity index (χ0n) is 15.9. The number of H-pyrrole nitrogens is 1. The minimum atomic E-state index is 0.137. The summed E-state index contributed by atoms with van der Waals surface area (Å²) in [6.07, 6.45) is 5.79. The molecule has 5 nitrogen and oxygen atoms in total. The Morgan fingerprint density at radius 1 is 0.893 bits per heavy atom. The third kappa shape index (κ3) is 3.49. The first-order valence-electron chi connectivity index (χ1n) is 10.3. The first-order valence-corrected chi connectivity index (χ1v) is 10.3. The van der Waals surface area contributed by atoms with Crippen molar-refractivity contribution in [1.29, 1.82) is 0 Å². The number of carbonyl (C=O) groups is 1. The second-order valence-corrected chi connectivity index (χ2v) is 8.18. The second kappa shape index (κ2) is 7.30. The summed E-state index contributed by atoms with van der Waals surface area (Å²) in [4.78, 5) is 20.7. The molecule has 28 heavy (non-hydrogen) atoms. The summed E-state index contributed by atoms with van der Waals surface area (Å²) in [5.74, 6) is 1.20. The predicted molar refractivity (Wildman–Crippen MR) is 111 cm³/mol. The molecule has 0 atom stereocenters. The molecule has 2 aliphatic rings. The minimum absolute atomic E-state index is 0.137. The fraction of sp³-hybridized carbons (Fsp3) is 0.391. The van der Waals surface area contributed by atoms with Crippen molar-refractivity contribution in [1.82, 2.24) is 15.3 Å². The van der Waals surface area contributed by atoms with Gasteiger partial charge in [-0.25, -0.2) is 4.98 Å². The lowest BCUT2D eigenvalue weighted by Gasteiger charge is -2.29. The van der Waals surface area contributed by atoms with E-state index in [4.69, 9.17) is 0 Å². The smallest absolute Gasteiger partial charge is 0.223 e. The van der Waals surface area contributed by atoms with Gasteiger partial charge in [-0.2, -0.15) is 0 Å². The molecule has 1 amide bonds. The molecule has 2 aromatic carbocycles. The summed E-state index contributed by atoms with van der Waals surface area (Å²) in [6.45, 7) is 0. The Morgan fingerprint density at radius 3 is 2.29 bits per heavy atom. The molecule has 0 bridgehead atoms. The number of aromatic amines is 1. The number of para-hydroxylation sites is 2. The highest BCUT2D eigenvalue weighted by Gasteiger charge is 2.29. The van der Waals surface area contributed by atoms with Crippen molar-refractivity contribution in [3.05, 3.63) is 59.7 Å². The number of amides is 1. The fourth-order valence-electron chi connectivity index (χ4n) is 4.69. The van der Waals surface area contributed by atoms with Crippen LogP contribution in [0.25, 0.3) is 11.0 Å². The average Bonchev–Trinajstić information content (AvgIpc) is 3.31. The van der Waals surface area contributed by atoms with Crippen LogP contribution in [0.1, 0.15) is 36.8 Å². The third-order valence-electron chi connectivity index (χ3n) is 6.23. The van der Waals surface area contributed by atoms with Crippen LogP contribution in [-0.4, -0.2) is 28.0 Å². The number of benzene rings is 2. The SMILES string of the molecule is O=C(NC1Cc2ccccc2C1)C1CCC(Nc2nc3ccccc3[nH]2)CC1. The van der Waals surface area contributed by atoms with Gasteiger partial charge in [-0.15, -0.1) is 0 Å². The molecule has 0 radical (unpaired) electrons. The zero-order chi connectivity index (χ0) is 18.9. The van der Waals surface area contributed by atoms with Crippen LogP contribution in [0.5, 0.6) is 0 Å². The molecule has 5 rings (SSSR count). The number of fused-ring (bicyclic) bond motifs is 2. The fourth-order valence-corrected chi connectivity index (χ4v) is 4.69. The average molecular weight is 374 g/mol. The van der Waals surface area contributed by atoms with Gasteiger partial charge in [0.25, 0.3) is 0 Å². The van der Waals surface area contributed by atoms with Crippen molar-refractivity contribution in [2.24, 2.45) is 5.92 Å². The monoisotopic (exact) mass is 374 g/mol. The van der Waals surface area contributed by atoms with Gasteiger partial charge in [0.15, 0.2) is 0 Å². The minimum Gasteiger partial charge on any atom is -0.353 e. The van der Waals surface area contributed by atoms with Crippen molar-refractivity contribution in [2.75, 3.05) is 5.32 Å². The van der Waals surface area contributed by atoms with Crippen LogP contribution >= 0.6 is 0 Å². The Balaban J connectivity index is 1.12. The predicted octanol–water partition coefficient (Wildman–Crippen LogP) is 3.82. The quantitative estimate of drug-likeness (QED) is 0.650. The van der Waals surface area contributed by atoms with Gasteiger partial charge in [0.05, 0.1) is 11.0 Å². The van der Waals surface area contributed by atoms with Gasteiger partial charge in [0.1, 0.15) is 0 Å². The standard InChI is InChI=1S/C23H26N4O/c28-22(24-19-13-16-5-1-2-6-17(16)14-19)15-9-11-18(12-10-15)25-23-26-20-7-3-4-8-21(20)27-23/h1-8,15,18-19H,9-14H2,(H,24,28)(H2,25,26,27). The summed E-state index contributed by atoms with van der Waals surface area (Å²) < 4.78 is 0. The van der Waals surface area contributed by atoms with Gasteiger partial charge in [-0.1, -0.05) is 36.4 Å². The van der Waals surface area contributed by atoms with Gasteiger partial charge in [-0.3, -0.25) is 4.79 Å². The highest BCUT2D eigenvalue weighted by atomic mass is 16.1. The molecule has 1 fully saturated rings. The van der Waals surface area contributed by atoms with Crippen LogP contribution < -0.4 is 10.6 Å². The number of nitrogens with zero attached hydrogens (tertiary/aromatic N) is 1. The highest BCUT2D eigenvalue weighted by molar-refractivity contribution is 5.79. The van der Waals surface area contributed by atoms with E-state index in [0.29, 0.717) is 6.04 Å². The van der Waals surface area contributed by atoms with Crippen molar-refractivity contribution in [3.8, 4) is 0 Å². The first kappa shape index (κ1) is 17.3.